The molecule has 0 bridgehead atoms. The van der Waals surface area contributed by atoms with Crippen molar-refractivity contribution in [3.63, 3.8) is 0 Å². The Morgan fingerprint density at radius 3 is 2.33 bits per heavy atom. The van der Waals surface area contributed by atoms with Gasteiger partial charge in [-0.3, -0.25) is 0 Å². The fraction of sp³-hybridized carbons (Fsp3) is 0.467. The molecular formula is C15H18F2O. The highest BCUT2D eigenvalue weighted by Crippen LogP contribution is 2.32. The molecule has 0 saturated heterocycles. The first kappa shape index (κ1) is 13.2. The lowest BCUT2D eigenvalue weighted by atomic mass is 9.91. The van der Waals surface area contributed by atoms with Gasteiger partial charge < -0.3 is 5.11 Å². The van der Waals surface area contributed by atoms with E-state index in [2.05, 4.69) is 6.08 Å². The number of benzene rings is 1. The van der Waals surface area contributed by atoms with E-state index >= 15 is 0 Å². The summed E-state index contributed by atoms with van der Waals surface area (Å²) < 4.78 is 27.1. The van der Waals surface area contributed by atoms with E-state index in [0.29, 0.717) is 0 Å². The maximum Gasteiger partial charge on any atom is 0.298 e. The van der Waals surface area contributed by atoms with Crippen LogP contribution < -0.4 is 0 Å². The topological polar surface area (TPSA) is 20.2 Å². The van der Waals surface area contributed by atoms with Crippen molar-refractivity contribution >= 4 is 0 Å². The minimum Gasteiger partial charge on any atom is -0.387 e. The van der Waals surface area contributed by atoms with Crippen molar-refractivity contribution < 1.29 is 13.9 Å². The molecule has 18 heavy (non-hydrogen) atoms. The first-order valence-electron chi connectivity index (χ1n) is 6.33. The van der Waals surface area contributed by atoms with Crippen LogP contribution in [0.5, 0.6) is 0 Å². The molecule has 1 aromatic carbocycles. The summed E-state index contributed by atoms with van der Waals surface area (Å²) in [5, 5.41) is 9.06. The molecule has 1 fully saturated rings. The molecule has 0 aliphatic heterocycles. The van der Waals surface area contributed by atoms with E-state index in [1.165, 1.54) is 37.0 Å². The summed E-state index contributed by atoms with van der Waals surface area (Å²) in [5.74, 6) is -3.18. The van der Waals surface area contributed by atoms with Gasteiger partial charge in [0.1, 0.15) is 6.10 Å². The number of hydrogen-bond donors (Lipinski definition) is 1. The van der Waals surface area contributed by atoms with Crippen LogP contribution >= 0.6 is 0 Å². The summed E-state index contributed by atoms with van der Waals surface area (Å²) in [4.78, 5) is 0. The average Bonchev–Trinajstić information content (AvgIpc) is 2.27. The Labute approximate surface area is 106 Å². The predicted octanol–water partition coefficient (Wildman–Crippen LogP) is 3.81. The zero-order chi connectivity index (χ0) is 13.2. The molecule has 0 heterocycles. The lowest BCUT2D eigenvalue weighted by molar-refractivity contribution is -0.106. The van der Waals surface area contributed by atoms with Gasteiger partial charge in [-0.25, -0.2) is 0 Å². The third-order valence-corrected chi connectivity index (χ3v) is 3.49. The molecular weight excluding hydrogens is 234 g/mol. The lowest BCUT2D eigenvalue weighted by Gasteiger charge is -2.20. The molecule has 0 aromatic heterocycles. The summed E-state index contributed by atoms with van der Waals surface area (Å²) in [6.07, 6.45) is 4.95. The number of aliphatic hydroxyl groups is 1. The molecule has 1 aliphatic rings. The predicted molar refractivity (Wildman–Crippen MR) is 67.7 cm³/mol. The quantitative estimate of drug-likeness (QED) is 0.808. The van der Waals surface area contributed by atoms with Gasteiger partial charge in [-0.05, 0) is 38.2 Å². The third kappa shape index (κ3) is 2.78. The van der Waals surface area contributed by atoms with Gasteiger partial charge in [0.15, 0.2) is 0 Å². The van der Waals surface area contributed by atoms with Crippen LogP contribution in [0, 0.1) is 0 Å². The van der Waals surface area contributed by atoms with E-state index in [9.17, 15) is 8.78 Å². The molecule has 2 rings (SSSR count). The van der Waals surface area contributed by atoms with E-state index in [-0.39, 0.29) is 5.56 Å². The highest BCUT2D eigenvalue weighted by molar-refractivity contribution is 5.28. The number of alkyl halides is 2. The van der Waals surface area contributed by atoms with Crippen molar-refractivity contribution in [2.24, 2.45) is 0 Å². The Morgan fingerprint density at radius 2 is 1.89 bits per heavy atom. The molecule has 98 valence electrons. The number of rotatable bonds is 4. The van der Waals surface area contributed by atoms with Gasteiger partial charge in [0, 0.05) is 5.56 Å². The van der Waals surface area contributed by atoms with Crippen molar-refractivity contribution in [1.82, 2.24) is 0 Å². The van der Waals surface area contributed by atoms with Crippen LogP contribution in [-0.2, 0) is 12.3 Å². The van der Waals surface area contributed by atoms with Gasteiger partial charge in [0.25, 0.3) is 5.92 Å². The summed E-state index contributed by atoms with van der Waals surface area (Å²) in [6.45, 7) is 1.11. The lowest BCUT2D eigenvalue weighted by Crippen LogP contribution is -2.27. The van der Waals surface area contributed by atoms with Gasteiger partial charge in [-0.1, -0.05) is 35.9 Å². The third-order valence-electron chi connectivity index (χ3n) is 3.49. The number of hydrogen-bond acceptors (Lipinski definition) is 1. The maximum atomic E-state index is 13.5. The summed E-state index contributed by atoms with van der Waals surface area (Å²) in [5.41, 5.74) is 2.37. The Bertz CT molecular complexity index is 426. The average molecular weight is 252 g/mol. The molecule has 1 saturated carbocycles. The summed E-state index contributed by atoms with van der Waals surface area (Å²) in [6, 6.07) is 6.23. The fourth-order valence-electron chi connectivity index (χ4n) is 1.95. The highest BCUT2D eigenvalue weighted by atomic mass is 19.3. The van der Waals surface area contributed by atoms with Gasteiger partial charge in [-0.15, -0.1) is 0 Å². The van der Waals surface area contributed by atoms with Crippen LogP contribution in [0.3, 0.4) is 0 Å². The van der Waals surface area contributed by atoms with Gasteiger partial charge >= 0.3 is 0 Å². The highest BCUT2D eigenvalue weighted by Gasteiger charge is 2.37. The monoisotopic (exact) mass is 252 g/mol. The van der Waals surface area contributed by atoms with Crippen LogP contribution in [0.15, 0.2) is 35.9 Å². The minimum atomic E-state index is -3.18. The van der Waals surface area contributed by atoms with Crippen LogP contribution in [0.4, 0.5) is 8.78 Å². The summed E-state index contributed by atoms with van der Waals surface area (Å²) in [7, 11) is 0. The zero-order valence-electron chi connectivity index (χ0n) is 10.5. The number of allylic oxidation sites excluding steroid dienone is 2. The molecule has 0 amide bonds. The Morgan fingerprint density at radius 1 is 1.28 bits per heavy atom. The van der Waals surface area contributed by atoms with Crippen molar-refractivity contribution in [2.45, 2.75) is 44.6 Å². The Kier molecular flexibility index (Phi) is 3.81. The fourth-order valence-corrected chi connectivity index (χ4v) is 1.95. The Hall–Kier alpha value is -1.22. The molecule has 1 aliphatic carbocycles. The van der Waals surface area contributed by atoms with Crippen molar-refractivity contribution in [3.05, 3.63) is 47.0 Å². The second-order valence-corrected chi connectivity index (χ2v) is 4.92. The van der Waals surface area contributed by atoms with E-state index in [1.807, 2.05) is 0 Å². The normalized spacial score (nSPS) is 17.2. The first-order chi connectivity index (χ1) is 8.50. The molecule has 1 atom stereocenters. The molecule has 1 aromatic rings. The van der Waals surface area contributed by atoms with Crippen molar-refractivity contribution in [1.29, 1.82) is 0 Å². The largest absolute Gasteiger partial charge is 0.387 e. The van der Waals surface area contributed by atoms with E-state index in [4.69, 9.17) is 5.11 Å². The smallest absolute Gasteiger partial charge is 0.298 e. The Balaban J connectivity index is 2.05. The van der Waals surface area contributed by atoms with Crippen molar-refractivity contribution in [3.8, 4) is 0 Å². The van der Waals surface area contributed by atoms with Gasteiger partial charge in [-0.2, -0.15) is 8.78 Å². The number of aliphatic hydroxyl groups excluding tert-OH is 1. The zero-order valence-corrected chi connectivity index (χ0v) is 10.5. The van der Waals surface area contributed by atoms with E-state index < -0.39 is 12.0 Å². The van der Waals surface area contributed by atoms with Crippen LogP contribution in [-0.4, -0.2) is 11.2 Å². The van der Waals surface area contributed by atoms with E-state index in [1.54, 1.807) is 12.1 Å². The standard InChI is InChI=1S/C15H18F2O/c1-11(18)15(16,17)14-9-7-13(8-10-14)6-5-12-3-2-4-12/h5,7-11,18H,2-4,6H2,1H3. The van der Waals surface area contributed by atoms with Crippen LogP contribution in [0.25, 0.3) is 0 Å². The molecule has 0 spiro atoms. The molecule has 0 radical (unpaired) electrons. The maximum absolute atomic E-state index is 13.5. The molecule has 3 heteroatoms. The summed E-state index contributed by atoms with van der Waals surface area (Å²) >= 11 is 0. The van der Waals surface area contributed by atoms with E-state index in [0.717, 1.165) is 18.9 Å². The second kappa shape index (κ2) is 5.19. The minimum absolute atomic E-state index is 0.127. The molecule has 1 nitrogen and oxygen atoms in total. The van der Waals surface area contributed by atoms with Gasteiger partial charge in [0.2, 0.25) is 0 Å². The van der Waals surface area contributed by atoms with Crippen LogP contribution in [0.1, 0.15) is 37.3 Å². The first-order valence-corrected chi connectivity index (χ1v) is 6.33. The van der Waals surface area contributed by atoms with Gasteiger partial charge in [0.05, 0.1) is 0 Å². The molecule has 1 unspecified atom stereocenters. The molecule has 1 N–H and O–H groups in total. The van der Waals surface area contributed by atoms with Crippen molar-refractivity contribution in [2.75, 3.05) is 0 Å². The second-order valence-electron chi connectivity index (χ2n) is 4.92. The number of halogens is 2. The SMILES string of the molecule is CC(O)C(F)(F)c1ccc(CC=C2CCC2)cc1. The van der Waals surface area contributed by atoms with Crippen LogP contribution in [0.2, 0.25) is 0 Å².